The number of hydrogen-bond donors (Lipinski definition) is 2. The minimum absolute atomic E-state index is 0.0453. The molecule has 1 aromatic heterocycles. The highest BCUT2D eigenvalue weighted by atomic mass is 16.5. The third-order valence-corrected chi connectivity index (χ3v) is 6.32. The number of H-pyrrole nitrogens is 1. The van der Waals surface area contributed by atoms with Crippen LogP contribution in [0.1, 0.15) is 28.3 Å². The first kappa shape index (κ1) is 21.5. The number of hydrogen-bond acceptors (Lipinski definition) is 4. The molecule has 170 valence electrons. The van der Waals surface area contributed by atoms with Crippen molar-refractivity contribution in [3.05, 3.63) is 101 Å². The number of rotatable bonds is 4. The van der Waals surface area contributed by atoms with Crippen molar-refractivity contribution in [3.8, 4) is 5.75 Å². The van der Waals surface area contributed by atoms with Gasteiger partial charge in [0, 0.05) is 28.4 Å². The number of nitrogens with zero attached hydrogens (tertiary/aromatic N) is 1. The van der Waals surface area contributed by atoms with E-state index in [1.807, 2.05) is 68.4 Å². The molecule has 34 heavy (non-hydrogen) atoms. The number of Topliss-reactive ketones (excluding diaryl/α,β-unsaturated/α-hetero) is 1. The van der Waals surface area contributed by atoms with Gasteiger partial charge in [-0.2, -0.15) is 0 Å². The number of amides is 1. The summed E-state index contributed by atoms with van der Waals surface area (Å²) in [7, 11) is 1.56. The summed E-state index contributed by atoms with van der Waals surface area (Å²) in [6.45, 7) is 3.84. The highest BCUT2D eigenvalue weighted by Gasteiger charge is 2.47. The van der Waals surface area contributed by atoms with Crippen molar-refractivity contribution in [2.75, 3.05) is 12.0 Å². The first-order valence-corrected chi connectivity index (χ1v) is 11.0. The van der Waals surface area contributed by atoms with Crippen LogP contribution in [0.3, 0.4) is 0 Å². The molecule has 1 atom stereocenters. The van der Waals surface area contributed by atoms with Gasteiger partial charge in [0.2, 0.25) is 0 Å². The standard InChI is InChI=1S/C28H24N2O4/c1-16-11-12-17(2)23(13-16)30-25(18-7-6-8-19(14-18)34-3)24(27(32)28(30)33)26(31)21-15-29-22-10-5-4-9-20(21)22/h4-15,25,29,31H,1-3H3/b26-24-. The number of para-hydroxylation sites is 1. The average molecular weight is 453 g/mol. The minimum atomic E-state index is -0.815. The minimum Gasteiger partial charge on any atom is -0.507 e. The van der Waals surface area contributed by atoms with Gasteiger partial charge in [-0.15, -0.1) is 0 Å². The molecule has 5 rings (SSSR count). The lowest BCUT2D eigenvalue weighted by atomic mass is 9.94. The summed E-state index contributed by atoms with van der Waals surface area (Å²) < 4.78 is 5.41. The topological polar surface area (TPSA) is 82.6 Å². The largest absolute Gasteiger partial charge is 0.507 e. The normalized spacial score (nSPS) is 17.5. The summed E-state index contributed by atoms with van der Waals surface area (Å²) >= 11 is 0. The van der Waals surface area contributed by atoms with E-state index in [1.54, 1.807) is 25.4 Å². The second-order valence-corrected chi connectivity index (χ2v) is 8.48. The first-order valence-electron chi connectivity index (χ1n) is 11.0. The van der Waals surface area contributed by atoms with E-state index < -0.39 is 17.7 Å². The number of fused-ring (bicyclic) bond motifs is 1. The SMILES string of the molecule is COc1cccc(C2/C(=C(/O)c3c[nH]c4ccccc34)C(=O)C(=O)N2c2cc(C)ccc2C)c1. The average Bonchev–Trinajstić information content (AvgIpc) is 3.39. The van der Waals surface area contributed by atoms with Gasteiger partial charge in [-0.05, 0) is 54.8 Å². The summed E-state index contributed by atoms with van der Waals surface area (Å²) in [6, 6.07) is 19.7. The maximum absolute atomic E-state index is 13.4. The fourth-order valence-electron chi connectivity index (χ4n) is 4.60. The number of aromatic nitrogens is 1. The number of carbonyl (C=O) groups is 2. The molecule has 1 aliphatic rings. The van der Waals surface area contributed by atoms with Gasteiger partial charge in [0.05, 0.1) is 18.7 Å². The number of aromatic amines is 1. The van der Waals surface area contributed by atoms with Crippen molar-refractivity contribution >= 4 is 34.0 Å². The summed E-state index contributed by atoms with van der Waals surface area (Å²) in [5.74, 6) is -1.02. The van der Waals surface area contributed by atoms with Crippen LogP contribution in [0.2, 0.25) is 0 Å². The van der Waals surface area contributed by atoms with E-state index in [-0.39, 0.29) is 11.3 Å². The van der Waals surface area contributed by atoms with Crippen LogP contribution in [-0.2, 0) is 9.59 Å². The van der Waals surface area contributed by atoms with Gasteiger partial charge in [0.1, 0.15) is 11.5 Å². The van der Waals surface area contributed by atoms with Crippen molar-refractivity contribution < 1.29 is 19.4 Å². The maximum atomic E-state index is 13.4. The lowest BCUT2D eigenvalue weighted by molar-refractivity contribution is -0.132. The van der Waals surface area contributed by atoms with Gasteiger partial charge in [-0.1, -0.05) is 42.5 Å². The molecule has 0 spiro atoms. The number of benzene rings is 3. The number of aryl methyl sites for hydroxylation is 2. The monoisotopic (exact) mass is 452 g/mol. The molecule has 0 aliphatic carbocycles. The van der Waals surface area contributed by atoms with E-state index in [4.69, 9.17) is 4.74 Å². The van der Waals surface area contributed by atoms with Crippen LogP contribution >= 0.6 is 0 Å². The summed E-state index contributed by atoms with van der Waals surface area (Å²) in [6.07, 6.45) is 1.66. The zero-order chi connectivity index (χ0) is 24.0. The highest BCUT2D eigenvalue weighted by molar-refractivity contribution is 6.52. The third-order valence-electron chi connectivity index (χ3n) is 6.32. The smallest absolute Gasteiger partial charge is 0.300 e. The Morgan fingerprint density at radius 1 is 1.00 bits per heavy atom. The zero-order valence-corrected chi connectivity index (χ0v) is 19.1. The highest BCUT2D eigenvalue weighted by Crippen LogP contribution is 2.44. The zero-order valence-electron chi connectivity index (χ0n) is 19.1. The molecule has 1 unspecified atom stereocenters. The maximum Gasteiger partial charge on any atom is 0.300 e. The van der Waals surface area contributed by atoms with Crippen LogP contribution in [0.25, 0.3) is 16.7 Å². The molecule has 6 nitrogen and oxygen atoms in total. The number of anilines is 1. The molecule has 3 aromatic carbocycles. The Hall–Kier alpha value is -4.32. The van der Waals surface area contributed by atoms with Crippen molar-refractivity contribution in [2.45, 2.75) is 19.9 Å². The predicted octanol–water partition coefficient (Wildman–Crippen LogP) is 5.42. The van der Waals surface area contributed by atoms with E-state index in [0.29, 0.717) is 22.6 Å². The van der Waals surface area contributed by atoms with E-state index in [9.17, 15) is 14.7 Å². The fourth-order valence-corrected chi connectivity index (χ4v) is 4.60. The van der Waals surface area contributed by atoms with Crippen LogP contribution in [0, 0.1) is 13.8 Å². The Bertz CT molecular complexity index is 1480. The first-order chi connectivity index (χ1) is 16.4. The second-order valence-electron chi connectivity index (χ2n) is 8.48. The molecule has 2 heterocycles. The lowest BCUT2D eigenvalue weighted by Crippen LogP contribution is -2.30. The summed E-state index contributed by atoms with van der Waals surface area (Å²) in [5.41, 5.74) is 4.46. The van der Waals surface area contributed by atoms with Gasteiger partial charge in [0.25, 0.3) is 11.7 Å². The molecule has 6 heteroatoms. The lowest BCUT2D eigenvalue weighted by Gasteiger charge is -2.27. The molecule has 1 fully saturated rings. The van der Waals surface area contributed by atoms with Crippen molar-refractivity contribution in [1.82, 2.24) is 4.98 Å². The van der Waals surface area contributed by atoms with E-state index in [1.165, 1.54) is 4.90 Å². The molecular weight excluding hydrogens is 428 g/mol. The van der Waals surface area contributed by atoms with E-state index in [0.717, 1.165) is 22.0 Å². The Balaban J connectivity index is 1.79. The van der Waals surface area contributed by atoms with Crippen LogP contribution < -0.4 is 9.64 Å². The number of aliphatic hydroxyl groups is 1. The third kappa shape index (κ3) is 3.35. The molecule has 1 amide bonds. The van der Waals surface area contributed by atoms with Gasteiger partial charge in [0.15, 0.2) is 0 Å². The molecule has 4 aromatic rings. The number of aliphatic hydroxyl groups excluding tert-OH is 1. The predicted molar refractivity (Wildman–Crippen MR) is 132 cm³/mol. The fraction of sp³-hybridized carbons (Fsp3) is 0.143. The van der Waals surface area contributed by atoms with Gasteiger partial charge in [-0.3, -0.25) is 14.5 Å². The Morgan fingerprint density at radius 2 is 1.79 bits per heavy atom. The van der Waals surface area contributed by atoms with Gasteiger partial charge < -0.3 is 14.8 Å². The van der Waals surface area contributed by atoms with Crippen molar-refractivity contribution in [1.29, 1.82) is 0 Å². The van der Waals surface area contributed by atoms with Gasteiger partial charge >= 0.3 is 0 Å². The van der Waals surface area contributed by atoms with Crippen molar-refractivity contribution in [3.63, 3.8) is 0 Å². The van der Waals surface area contributed by atoms with Crippen molar-refractivity contribution in [2.24, 2.45) is 0 Å². The van der Waals surface area contributed by atoms with Crippen LogP contribution in [0.15, 0.2) is 78.5 Å². The molecule has 1 saturated heterocycles. The van der Waals surface area contributed by atoms with Crippen LogP contribution in [-0.4, -0.2) is 28.9 Å². The quantitative estimate of drug-likeness (QED) is 0.246. The molecule has 2 N–H and O–H groups in total. The molecule has 0 saturated carbocycles. The number of carbonyl (C=O) groups excluding carboxylic acids is 2. The number of methoxy groups -OCH3 is 1. The Morgan fingerprint density at radius 3 is 2.59 bits per heavy atom. The summed E-state index contributed by atoms with van der Waals surface area (Å²) in [5, 5.41) is 12.2. The molecule has 0 bridgehead atoms. The number of ketones is 1. The van der Waals surface area contributed by atoms with Crippen LogP contribution in [0.5, 0.6) is 5.75 Å². The van der Waals surface area contributed by atoms with E-state index >= 15 is 0 Å². The number of nitrogens with one attached hydrogen (secondary N) is 1. The van der Waals surface area contributed by atoms with Gasteiger partial charge in [-0.25, -0.2) is 0 Å². The molecule has 0 radical (unpaired) electrons. The Kier molecular flexibility index (Phi) is 5.21. The summed E-state index contributed by atoms with van der Waals surface area (Å²) in [4.78, 5) is 31.5. The van der Waals surface area contributed by atoms with E-state index in [2.05, 4.69) is 4.98 Å². The van der Waals surface area contributed by atoms with Crippen LogP contribution in [0.4, 0.5) is 5.69 Å². The Labute approximate surface area is 197 Å². The second kappa shape index (κ2) is 8.23. The number of ether oxygens (including phenoxy) is 1. The molecular formula is C28H24N2O4. The molecule has 1 aliphatic heterocycles.